The number of anilines is 2. The molecule has 3 aromatic carbocycles. The van der Waals surface area contributed by atoms with Crippen molar-refractivity contribution in [1.29, 1.82) is 0 Å². The maximum Gasteiger partial charge on any atom is 0.259 e. The number of hydrogen-bond donors (Lipinski definition) is 3. The lowest BCUT2D eigenvalue weighted by molar-refractivity contribution is -0.112. The predicted molar refractivity (Wildman–Crippen MR) is 135 cm³/mol. The summed E-state index contributed by atoms with van der Waals surface area (Å²) in [6, 6.07) is 24.6. The summed E-state index contributed by atoms with van der Waals surface area (Å²) in [5.74, 6) is -0.684. The Labute approximate surface area is 199 Å². The smallest absolute Gasteiger partial charge is 0.259 e. The Bertz CT molecular complexity index is 1280. The van der Waals surface area contributed by atoms with Crippen LogP contribution in [0.5, 0.6) is 0 Å². The number of carbonyl (C=O) groups excluding carboxylic acids is 2. The maximum absolute atomic E-state index is 13.2. The van der Waals surface area contributed by atoms with Gasteiger partial charge in [0.1, 0.15) is 6.17 Å². The largest absolute Gasteiger partial charge is 0.357 e. The van der Waals surface area contributed by atoms with Gasteiger partial charge in [0, 0.05) is 29.4 Å². The third kappa shape index (κ3) is 3.71. The number of benzene rings is 3. The van der Waals surface area contributed by atoms with E-state index >= 15 is 0 Å². The minimum absolute atomic E-state index is 0.0234. The summed E-state index contributed by atoms with van der Waals surface area (Å²) in [6.07, 6.45) is 1.69. The molecule has 0 radical (unpaired) electrons. The van der Waals surface area contributed by atoms with Crippen molar-refractivity contribution in [1.82, 2.24) is 10.9 Å². The number of likely N-dealkylation sites (N-methyl/N-ethyl adjacent to an activating group) is 1. The number of carbonyl (C=O) groups is 2. The van der Waals surface area contributed by atoms with E-state index in [0.717, 1.165) is 5.56 Å². The molecular formula is C28H28N4O2. The van der Waals surface area contributed by atoms with E-state index < -0.39 is 5.91 Å². The average Bonchev–Trinajstić information content (AvgIpc) is 3.04. The Kier molecular flexibility index (Phi) is 5.55. The Morgan fingerprint density at radius 3 is 2.32 bits per heavy atom. The molecule has 0 saturated carbocycles. The van der Waals surface area contributed by atoms with E-state index in [1.165, 1.54) is 11.3 Å². The minimum Gasteiger partial charge on any atom is -0.357 e. The van der Waals surface area contributed by atoms with Crippen molar-refractivity contribution < 1.29 is 9.59 Å². The van der Waals surface area contributed by atoms with E-state index in [4.69, 9.17) is 0 Å². The van der Waals surface area contributed by atoms with Gasteiger partial charge >= 0.3 is 0 Å². The topological polar surface area (TPSA) is 73.5 Å². The molecule has 0 saturated heterocycles. The fourth-order valence-electron chi connectivity index (χ4n) is 5.01. The number of hydrogen-bond acceptors (Lipinski definition) is 5. The highest BCUT2D eigenvalue weighted by molar-refractivity contribution is 6.29. The van der Waals surface area contributed by atoms with Crippen LogP contribution < -0.4 is 21.1 Å². The quantitative estimate of drug-likeness (QED) is 0.397. The van der Waals surface area contributed by atoms with Crippen LogP contribution in [-0.2, 0) is 10.2 Å². The molecule has 0 fully saturated rings. The lowest BCUT2D eigenvalue weighted by atomic mass is 9.84. The Hall–Kier alpha value is -3.74. The summed E-state index contributed by atoms with van der Waals surface area (Å²) in [4.78, 5) is 28.4. The van der Waals surface area contributed by atoms with Crippen LogP contribution in [0.3, 0.4) is 0 Å². The third-order valence-corrected chi connectivity index (χ3v) is 6.82. The molecule has 6 nitrogen and oxygen atoms in total. The van der Waals surface area contributed by atoms with Gasteiger partial charge in [-0.3, -0.25) is 9.59 Å². The van der Waals surface area contributed by atoms with E-state index in [2.05, 4.69) is 60.2 Å². The molecule has 2 aliphatic rings. The molecule has 1 aliphatic heterocycles. The van der Waals surface area contributed by atoms with Crippen molar-refractivity contribution >= 4 is 23.1 Å². The second-order valence-corrected chi connectivity index (χ2v) is 9.34. The van der Waals surface area contributed by atoms with E-state index in [1.54, 1.807) is 24.3 Å². The Morgan fingerprint density at radius 1 is 0.882 bits per heavy atom. The first-order valence-corrected chi connectivity index (χ1v) is 11.4. The number of hydrazine groups is 1. The normalized spacial score (nSPS) is 20.4. The molecule has 0 bridgehead atoms. The fourth-order valence-corrected chi connectivity index (χ4v) is 5.01. The number of nitrogens with zero attached hydrogens (tertiary/aromatic N) is 1. The van der Waals surface area contributed by atoms with Gasteiger partial charge in [-0.2, -0.15) is 0 Å². The summed E-state index contributed by atoms with van der Waals surface area (Å²) in [6.45, 7) is 4.42. The molecule has 34 heavy (non-hydrogen) atoms. The highest BCUT2D eigenvalue weighted by Crippen LogP contribution is 2.43. The Morgan fingerprint density at radius 2 is 1.56 bits per heavy atom. The fraction of sp³-hybridized carbons (Fsp3) is 0.214. The number of rotatable bonds is 5. The number of ketones is 1. The first kappa shape index (κ1) is 22.1. The van der Waals surface area contributed by atoms with Crippen molar-refractivity contribution in [2.75, 3.05) is 17.3 Å². The molecule has 1 amide bonds. The summed E-state index contributed by atoms with van der Waals surface area (Å²) < 4.78 is 0. The van der Waals surface area contributed by atoms with Gasteiger partial charge in [-0.15, -0.1) is 0 Å². The standard InChI is InChI=1S/C28H28N4O2/c1-28(2)22-15-9-10-16-24(22)32(3)27(28)31-30-23-17-21(25(33)20-14-8-7-13-19(20)23)26(34)29-18-11-5-4-6-12-18/h4-17,23,27,30-31H,1-3H3,(H,29,34). The molecule has 0 spiro atoms. The molecule has 2 unspecified atom stereocenters. The molecule has 1 heterocycles. The van der Waals surface area contributed by atoms with E-state index in [-0.39, 0.29) is 29.0 Å². The molecule has 3 N–H and O–H groups in total. The molecule has 5 rings (SSSR count). The van der Waals surface area contributed by atoms with Gasteiger partial charge < -0.3 is 10.2 Å². The van der Waals surface area contributed by atoms with Crippen molar-refractivity contribution in [3.8, 4) is 0 Å². The summed E-state index contributed by atoms with van der Waals surface area (Å²) in [7, 11) is 2.07. The van der Waals surface area contributed by atoms with Gasteiger partial charge in [-0.05, 0) is 35.4 Å². The van der Waals surface area contributed by atoms with Gasteiger partial charge in [0.25, 0.3) is 5.91 Å². The second kappa shape index (κ2) is 8.56. The molecule has 2 atom stereocenters. The zero-order chi connectivity index (χ0) is 23.9. The molecule has 6 heteroatoms. The van der Waals surface area contributed by atoms with Crippen molar-refractivity contribution in [2.24, 2.45) is 0 Å². The van der Waals surface area contributed by atoms with Crippen molar-refractivity contribution in [3.05, 3.63) is 107 Å². The summed E-state index contributed by atoms with van der Waals surface area (Å²) in [5.41, 5.74) is 11.4. The Balaban J connectivity index is 1.42. The maximum atomic E-state index is 13.2. The minimum atomic E-state index is -0.414. The third-order valence-electron chi connectivity index (χ3n) is 6.82. The molecule has 0 aromatic heterocycles. The lowest BCUT2D eigenvalue weighted by Gasteiger charge is -2.35. The van der Waals surface area contributed by atoms with Crippen LogP contribution in [0.4, 0.5) is 11.4 Å². The van der Waals surface area contributed by atoms with Crippen LogP contribution in [0, 0.1) is 0 Å². The van der Waals surface area contributed by atoms with Gasteiger partial charge in [-0.25, -0.2) is 10.9 Å². The van der Waals surface area contributed by atoms with Crippen molar-refractivity contribution in [3.63, 3.8) is 0 Å². The first-order valence-electron chi connectivity index (χ1n) is 11.4. The molecular weight excluding hydrogens is 424 g/mol. The van der Waals surface area contributed by atoms with Gasteiger partial charge in [0.15, 0.2) is 5.78 Å². The first-order chi connectivity index (χ1) is 16.4. The number of Topliss-reactive ketones (excluding diaryl/α,β-unsaturated/α-hetero) is 1. The van der Waals surface area contributed by atoms with Gasteiger partial charge in [0.2, 0.25) is 0 Å². The van der Waals surface area contributed by atoms with E-state index in [0.29, 0.717) is 11.3 Å². The van der Waals surface area contributed by atoms with Crippen LogP contribution >= 0.6 is 0 Å². The highest BCUT2D eigenvalue weighted by atomic mass is 16.2. The van der Waals surface area contributed by atoms with Crippen LogP contribution in [0.25, 0.3) is 0 Å². The predicted octanol–water partition coefficient (Wildman–Crippen LogP) is 4.34. The van der Waals surface area contributed by atoms with Gasteiger partial charge in [-0.1, -0.05) is 74.5 Å². The number of para-hydroxylation sites is 2. The number of amides is 1. The van der Waals surface area contributed by atoms with E-state index in [1.807, 2.05) is 42.5 Å². The summed E-state index contributed by atoms with van der Waals surface area (Å²) >= 11 is 0. The van der Waals surface area contributed by atoms with Crippen molar-refractivity contribution in [2.45, 2.75) is 31.5 Å². The molecule has 3 aromatic rings. The molecule has 1 aliphatic carbocycles. The lowest BCUT2D eigenvalue weighted by Crippen LogP contribution is -2.56. The van der Waals surface area contributed by atoms with Crippen LogP contribution in [0.15, 0.2) is 90.5 Å². The number of fused-ring (bicyclic) bond motifs is 2. The molecule has 172 valence electrons. The van der Waals surface area contributed by atoms with Gasteiger partial charge in [0.05, 0.1) is 11.6 Å². The van der Waals surface area contributed by atoms with Crippen LogP contribution in [0.1, 0.15) is 41.4 Å². The summed E-state index contributed by atoms with van der Waals surface area (Å²) in [5, 5.41) is 2.84. The monoisotopic (exact) mass is 452 g/mol. The highest BCUT2D eigenvalue weighted by Gasteiger charge is 2.43. The van der Waals surface area contributed by atoms with Crippen LogP contribution in [-0.4, -0.2) is 24.9 Å². The number of nitrogens with one attached hydrogen (secondary N) is 3. The van der Waals surface area contributed by atoms with Crippen LogP contribution in [0.2, 0.25) is 0 Å². The zero-order valence-electron chi connectivity index (χ0n) is 19.5. The zero-order valence-corrected chi connectivity index (χ0v) is 19.5. The SMILES string of the molecule is CN1c2ccccc2C(C)(C)C1NNC1C=C(C(=O)Nc2ccccc2)C(=O)c2ccccc21. The average molecular weight is 453 g/mol. The van der Waals surface area contributed by atoms with E-state index in [9.17, 15) is 9.59 Å². The second-order valence-electron chi connectivity index (χ2n) is 9.34.